The van der Waals surface area contributed by atoms with E-state index >= 15 is 0 Å². The third-order valence-electron chi connectivity index (χ3n) is 6.73. The maximum atomic E-state index is 13.2. The molecule has 2 N–H and O–H groups in total. The van der Waals surface area contributed by atoms with Crippen LogP contribution in [0.4, 0.5) is 27.8 Å². The SMILES string of the molecule is Cn1c(Cc2c(Cl)ccc(CNC(=O)C(C)(C)C)c2Cl)nc2cc(C(=O)Nc3cc(C(F)(F)F)ccn3)c(OCC(F)F)cc21. The number of carbonyl (C=O) groups excluding carboxylic acids is 2. The van der Waals surface area contributed by atoms with Gasteiger partial charge in [0.2, 0.25) is 5.91 Å². The van der Waals surface area contributed by atoms with E-state index < -0.39 is 41.9 Å². The number of hydrogen-bond acceptors (Lipinski definition) is 5. The summed E-state index contributed by atoms with van der Waals surface area (Å²) in [6.45, 7) is 4.46. The highest BCUT2D eigenvalue weighted by Crippen LogP contribution is 2.34. The molecule has 0 spiro atoms. The smallest absolute Gasteiger partial charge is 0.416 e. The van der Waals surface area contributed by atoms with Gasteiger partial charge in [-0.05, 0) is 35.4 Å². The standard InChI is InChI=1S/C30H28Cl2F5N5O3/c1-29(2,3)28(44)39-13-15-5-6-19(31)17(26(15)32)11-25-40-20-10-18(22(45-14-23(33)34)12-21(20)42(25)4)27(43)41-24-9-16(7-8-38-24)30(35,36)37/h5-10,12,23H,11,13-14H2,1-4H3,(H,39,44)(H,38,41,43). The number of rotatable bonds is 9. The Morgan fingerprint density at radius 2 is 1.78 bits per heavy atom. The molecule has 0 saturated carbocycles. The number of halogens is 7. The molecule has 8 nitrogen and oxygen atoms in total. The average Bonchev–Trinajstić information content (AvgIpc) is 3.25. The summed E-state index contributed by atoms with van der Waals surface area (Å²) in [5.41, 5.74) is -0.0843. The van der Waals surface area contributed by atoms with Gasteiger partial charge in [0, 0.05) is 42.7 Å². The number of ether oxygens (including phenoxy) is 1. The molecule has 45 heavy (non-hydrogen) atoms. The van der Waals surface area contributed by atoms with E-state index in [0.29, 0.717) is 38.6 Å². The number of amides is 2. The summed E-state index contributed by atoms with van der Waals surface area (Å²) in [7, 11) is 1.66. The number of carbonyl (C=O) groups is 2. The van der Waals surface area contributed by atoms with E-state index in [2.05, 4.69) is 20.6 Å². The number of hydrogen-bond donors (Lipinski definition) is 2. The Bertz CT molecular complexity index is 1750. The summed E-state index contributed by atoms with van der Waals surface area (Å²) < 4.78 is 72.4. The van der Waals surface area contributed by atoms with Gasteiger partial charge in [-0.1, -0.05) is 50.0 Å². The lowest BCUT2D eigenvalue weighted by Gasteiger charge is -2.18. The molecule has 0 aliphatic heterocycles. The molecular weight excluding hydrogens is 644 g/mol. The first-order chi connectivity index (χ1) is 21.0. The van der Waals surface area contributed by atoms with Gasteiger partial charge in [-0.2, -0.15) is 13.2 Å². The van der Waals surface area contributed by atoms with E-state index in [-0.39, 0.29) is 35.7 Å². The Morgan fingerprint density at radius 1 is 1.07 bits per heavy atom. The lowest BCUT2D eigenvalue weighted by atomic mass is 9.95. The van der Waals surface area contributed by atoms with Crippen LogP contribution in [-0.4, -0.2) is 39.4 Å². The van der Waals surface area contributed by atoms with Crippen molar-refractivity contribution in [2.45, 2.75) is 46.3 Å². The van der Waals surface area contributed by atoms with Gasteiger partial charge in [0.25, 0.3) is 12.3 Å². The fraction of sp³-hybridized carbons (Fsp3) is 0.333. The number of fused-ring (bicyclic) bond motifs is 1. The largest absolute Gasteiger partial charge is 0.487 e. The molecule has 0 aliphatic rings. The van der Waals surface area contributed by atoms with E-state index in [1.54, 1.807) is 44.5 Å². The molecule has 0 aliphatic carbocycles. The second kappa shape index (κ2) is 13.2. The second-order valence-electron chi connectivity index (χ2n) is 11.1. The maximum absolute atomic E-state index is 13.2. The highest BCUT2D eigenvalue weighted by molar-refractivity contribution is 6.36. The minimum atomic E-state index is -4.68. The predicted octanol–water partition coefficient (Wildman–Crippen LogP) is 7.44. The van der Waals surface area contributed by atoms with Gasteiger partial charge in [-0.3, -0.25) is 9.59 Å². The first-order valence-electron chi connectivity index (χ1n) is 13.4. The number of benzene rings is 2. The summed E-state index contributed by atoms with van der Waals surface area (Å²) >= 11 is 13.2. The molecule has 0 saturated heterocycles. The molecule has 0 unspecified atom stereocenters. The fourth-order valence-corrected chi connectivity index (χ4v) is 4.85. The van der Waals surface area contributed by atoms with Gasteiger partial charge < -0.3 is 19.9 Å². The van der Waals surface area contributed by atoms with Crippen molar-refractivity contribution >= 4 is 51.9 Å². The summed E-state index contributed by atoms with van der Waals surface area (Å²) in [6, 6.07) is 7.34. The molecule has 240 valence electrons. The molecule has 2 aromatic heterocycles. The minimum Gasteiger partial charge on any atom is -0.487 e. The normalized spacial score (nSPS) is 12.1. The number of pyridine rings is 1. The van der Waals surface area contributed by atoms with Gasteiger partial charge in [-0.15, -0.1) is 0 Å². The van der Waals surface area contributed by atoms with E-state index in [0.717, 1.165) is 12.3 Å². The van der Waals surface area contributed by atoms with Crippen molar-refractivity contribution in [1.29, 1.82) is 0 Å². The fourth-order valence-electron chi connectivity index (χ4n) is 4.28. The monoisotopic (exact) mass is 671 g/mol. The lowest BCUT2D eigenvalue weighted by molar-refractivity contribution is -0.137. The molecule has 15 heteroatoms. The topological polar surface area (TPSA) is 98.1 Å². The first-order valence-corrected chi connectivity index (χ1v) is 14.2. The molecular formula is C30H28Cl2F5N5O3. The molecule has 4 rings (SSSR count). The van der Waals surface area contributed by atoms with Crippen molar-refractivity contribution < 1.29 is 36.3 Å². The number of aryl methyl sites for hydroxylation is 1. The zero-order chi connectivity index (χ0) is 33.3. The van der Waals surface area contributed by atoms with E-state index in [4.69, 9.17) is 27.9 Å². The highest BCUT2D eigenvalue weighted by atomic mass is 35.5. The zero-order valence-electron chi connectivity index (χ0n) is 24.5. The summed E-state index contributed by atoms with van der Waals surface area (Å²) in [6.07, 6.45) is -6.55. The van der Waals surface area contributed by atoms with Crippen LogP contribution in [0.25, 0.3) is 11.0 Å². The predicted molar refractivity (Wildman–Crippen MR) is 160 cm³/mol. The molecule has 2 amide bonds. The summed E-state index contributed by atoms with van der Waals surface area (Å²) in [5.74, 6) is -1.33. The van der Waals surface area contributed by atoms with Crippen molar-refractivity contribution in [3.63, 3.8) is 0 Å². The first kappa shape index (κ1) is 33.9. The maximum Gasteiger partial charge on any atom is 0.416 e. The van der Waals surface area contributed by atoms with Crippen LogP contribution < -0.4 is 15.4 Å². The van der Waals surface area contributed by atoms with Crippen molar-refractivity contribution in [2.24, 2.45) is 12.5 Å². The molecule has 0 bridgehead atoms. The molecule has 2 heterocycles. The van der Waals surface area contributed by atoms with E-state index in [1.807, 2.05) is 0 Å². The minimum absolute atomic E-state index is 0.118. The van der Waals surface area contributed by atoms with Crippen LogP contribution in [0.15, 0.2) is 42.6 Å². The summed E-state index contributed by atoms with van der Waals surface area (Å²) in [5, 5.41) is 5.76. The Morgan fingerprint density at radius 3 is 2.42 bits per heavy atom. The molecule has 0 fully saturated rings. The molecule has 0 atom stereocenters. The number of imidazole rings is 1. The van der Waals surface area contributed by atoms with Crippen molar-refractivity contribution in [1.82, 2.24) is 19.9 Å². The Hall–Kier alpha value is -3.97. The van der Waals surface area contributed by atoms with Gasteiger partial charge >= 0.3 is 6.18 Å². The Labute approximate surface area is 264 Å². The molecule has 0 radical (unpaired) electrons. The van der Waals surface area contributed by atoms with Crippen LogP contribution in [-0.2, 0) is 31.0 Å². The van der Waals surface area contributed by atoms with E-state index in [9.17, 15) is 31.5 Å². The van der Waals surface area contributed by atoms with Crippen LogP contribution in [0, 0.1) is 5.41 Å². The number of nitrogens with zero attached hydrogens (tertiary/aromatic N) is 3. The third-order valence-corrected chi connectivity index (χ3v) is 7.56. The van der Waals surface area contributed by atoms with E-state index in [1.165, 1.54) is 12.1 Å². The van der Waals surface area contributed by atoms with Crippen molar-refractivity contribution in [3.8, 4) is 5.75 Å². The number of aromatic nitrogens is 3. The van der Waals surface area contributed by atoms with Gasteiger partial charge in [0.15, 0.2) is 0 Å². The molecule has 4 aromatic rings. The van der Waals surface area contributed by atoms with Crippen LogP contribution in [0.2, 0.25) is 10.0 Å². The molecule has 2 aromatic carbocycles. The average molecular weight is 672 g/mol. The van der Waals surface area contributed by atoms with Crippen LogP contribution in [0.1, 0.15) is 53.6 Å². The van der Waals surface area contributed by atoms with Crippen LogP contribution >= 0.6 is 23.2 Å². The second-order valence-corrected chi connectivity index (χ2v) is 11.9. The Kier molecular flexibility index (Phi) is 9.93. The van der Waals surface area contributed by atoms with Crippen LogP contribution in [0.5, 0.6) is 5.75 Å². The van der Waals surface area contributed by atoms with Gasteiger partial charge in [0.1, 0.15) is 24.0 Å². The highest BCUT2D eigenvalue weighted by Gasteiger charge is 2.31. The van der Waals surface area contributed by atoms with Crippen molar-refractivity contribution in [3.05, 3.63) is 80.7 Å². The third kappa shape index (κ3) is 8.01. The summed E-state index contributed by atoms with van der Waals surface area (Å²) in [4.78, 5) is 33.9. The van der Waals surface area contributed by atoms with Crippen LogP contribution in [0.3, 0.4) is 0 Å². The number of nitrogens with one attached hydrogen (secondary N) is 2. The Balaban J connectivity index is 1.69. The van der Waals surface area contributed by atoms with Gasteiger partial charge in [-0.25, -0.2) is 18.7 Å². The zero-order valence-corrected chi connectivity index (χ0v) is 26.0. The quantitative estimate of drug-likeness (QED) is 0.180. The lowest BCUT2D eigenvalue weighted by Crippen LogP contribution is -2.34. The number of anilines is 1. The number of alkyl halides is 5. The van der Waals surface area contributed by atoms with Gasteiger partial charge in [0.05, 0.1) is 27.2 Å². The van der Waals surface area contributed by atoms with Crippen molar-refractivity contribution in [2.75, 3.05) is 11.9 Å².